The van der Waals surface area contributed by atoms with Crippen LogP contribution >= 0.6 is 23.2 Å². The number of nitrogens with zero attached hydrogens (tertiary/aromatic N) is 1. The molecule has 0 bridgehead atoms. The maximum Gasteiger partial charge on any atom is 0.409 e. The third kappa shape index (κ3) is 3.58. The average molecular weight is 262 g/mol. The minimum absolute atomic E-state index is 0.359. The van der Waals surface area contributed by atoms with Crippen molar-refractivity contribution in [3.8, 4) is 0 Å². The highest BCUT2D eigenvalue weighted by molar-refractivity contribution is 6.35. The summed E-state index contributed by atoms with van der Waals surface area (Å²) < 4.78 is 4.86. The molecule has 1 rings (SSSR count). The van der Waals surface area contributed by atoms with E-state index in [9.17, 15) is 4.79 Å². The molecule has 5 heteroatoms. The zero-order valence-corrected chi connectivity index (χ0v) is 10.7. The van der Waals surface area contributed by atoms with Crippen molar-refractivity contribution in [2.24, 2.45) is 0 Å². The third-order valence-corrected chi connectivity index (χ3v) is 2.59. The lowest BCUT2D eigenvalue weighted by atomic mass is 10.2. The van der Waals surface area contributed by atoms with Gasteiger partial charge in [-0.2, -0.15) is 0 Å². The zero-order chi connectivity index (χ0) is 12.1. The van der Waals surface area contributed by atoms with Crippen molar-refractivity contribution in [1.82, 2.24) is 4.90 Å². The molecule has 3 nitrogen and oxygen atoms in total. The normalized spacial score (nSPS) is 10.0. The van der Waals surface area contributed by atoms with Crippen LogP contribution in [0.1, 0.15) is 12.5 Å². The number of hydrogen-bond donors (Lipinski definition) is 0. The smallest absolute Gasteiger partial charge is 0.409 e. The molecule has 0 unspecified atom stereocenters. The van der Waals surface area contributed by atoms with Crippen LogP contribution in [-0.2, 0) is 11.3 Å². The molecule has 0 radical (unpaired) electrons. The third-order valence-electron chi connectivity index (χ3n) is 2.00. The van der Waals surface area contributed by atoms with Crippen LogP contribution in [0.15, 0.2) is 18.2 Å². The van der Waals surface area contributed by atoms with E-state index in [0.717, 1.165) is 5.56 Å². The molecule has 16 heavy (non-hydrogen) atoms. The van der Waals surface area contributed by atoms with Gasteiger partial charge in [0.1, 0.15) is 0 Å². The summed E-state index contributed by atoms with van der Waals surface area (Å²) in [7, 11) is 1.66. The van der Waals surface area contributed by atoms with Crippen molar-refractivity contribution in [1.29, 1.82) is 0 Å². The first kappa shape index (κ1) is 13.1. The lowest BCUT2D eigenvalue weighted by molar-refractivity contribution is 0.114. The van der Waals surface area contributed by atoms with E-state index in [1.807, 2.05) is 0 Å². The molecule has 0 aliphatic carbocycles. The first-order valence-corrected chi connectivity index (χ1v) is 5.62. The summed E-state index contributed by atoms with van der Waals surface area (Å²) >= 11 is 11.8. The van der Waals surface area contributed by atoms with Crippen LogP contribution in [0.5, 0.6) is 0 Å². The van der Waals surface area contributed by atoms with E-state index in [4.69, 9.17) is 27.9 Å². The minimum atomic E-state index is -0.367. The van der Waals surface area contributed by atoms with Gasteiger partial charge in [0.2, 0.25) is 0 Å². The predicted molar refractivity (Wildman–Crippen MR) is 65.0 cm³/mol. The first-order valence-electron chi connectivity index (χ1n) is 4.86. The standard InChI is InChI=1S/C11H13Cl2NO2/c1-3-16-11(15)14(2)7-8-4-5-9(12)6-10(8)13/h4-6H,3,7H2,1-2H3. The van der Waals surface area contributed by atoms with Crippen molar-refractivity contribution < 1.29 is 9.53 Å². The summed E-state index contributed by atoms with van der Waals surface area (Å²) in [6.07, 6.45) is -0.367. The van der Waals surface area contributed by atoms with Gasteiger partial charge in [-0.25, -0.2) is 4.79 Å². The Bertz CT molecular complexity index is 382. The summed E-state index contributed by atoms with van der Waals surface area (Å²) in [4.78, 5) is 12.8. The Balaban J connectivity index is 2.69. The van der Waals surface area contributed by atoms with E-state index in [1.54, 1.807) is 32.2 Å². The molecular weight excluding hydrogens is 249 g/mol. The number of amides is 1. The van der Waals surface area contributed by atoms with E-state index in [2.05, 4.69) is 0 Å². The highest BCUT2D eigenvalue weighted by Gasteiger charge is 2.11. The van der Waals surface area contributed by atoms with Crippen LogP contribution < -0.4 is 0 Å². The zero-order valence-electron chi connectivity index (χ0n) is 9.17. The number of carbonyl (C=O) groups is 1. The number of hydrogen-bond acceptors (Lipinski definition) is 2. The maximum absolute atomic E-state index is 11.4. The fourth-order valence-electron chi connectivity index (χ4n) is 1.20. The maximum atomic E-state index is 11.4. The predicted octanol–water partition coefficient (Wildman–Crippen LogP) is 3.58. The molecule has 0 atom stereocenters. The van der Waals surface area contributed by atoms with Gasteiger partial charge in [-0.3, -0.25) is 0 Å². The van der Waals surface area contributed by atoms with Crippen molar-refractivity contribution >= 4 is 29.3 Å². The quantitative estimate of drug-likeness (QED) is 0.833. The SMILES string of the molecule is CCOC(=O)N(C)Cc1ccc(Cl)cc1Cl. The fraction of sp³-hybridized carbons (Fsp3) is 0.364. The second kappa shape index (κ2) is 5.97. The fourth-order valence-corrected chi connectivity index (χ4v) is 1.67. The summed E-state index contributed by atoms with van der Waals surface area (Å²) in [5.74, 6) is 0. The van der Waals surface area contributed by atoms with Gasteiger partial charge in [0.25, 0.3) is 0 Å². The lowest BCUT2D eigenvalue weighted by Gasteiger charge is -2.17. The molecule has 0 saturated heterocycles. The van der Waals surface area contributed by atoms with Gasteiger partial charge in [-0.05, 0) is 24.6 Å². The van der Waals surface area contributed by atoms with E-state index in [0.29, 0.717) is 23.2 Å². The molecule has 0 aliphatic heterocycles. The van der Waals surface area contributed by atoms with Crippen LogP contribution in [0.3, 0.4) is 0 Å². The van der Waals surface area contributed by atoms with Gasteiger partial charge < -0.3 is 9.64 Å². The summed E-state index contributed by atoms with van der Waals surface area (Å²) in [5, 5.41) is 1.12. The molecule has 88 valence electrons. The molecule has 0 fully saturated rings. The summed E-state index contributed by atoms with van der Waals surface area (Å²) in [6.45, 7) is 2.52. The molecule has 0 heterocycles. The molecule has 1 amide bonds. The van der Waals surface area contributed by atoms with Crippen molar-refractivity contribution in [2.45, 2.75) is 13.5 Å². The Morgan fingerprint density at radius 3 is 2.69 bits per heavy atom. The number of benzene rings is 1. The molecule has 1 aromatic rings. The molecule has 0 N–H and O–H groups in total. The van der Waals surface area contributed by atoms with Gasteiger partial charge >= 0.3 is 6.09 Å². The van der Waals surface area contributed by atoms with Gasteiger partial charge in [0.15, 0.2) is 0 Å². The average Bonchev–Trinajstić information content (AvgIpc) is 2.22. The molecule has 0 spiro atoms. The highest BCUT2D eigenvalue weighted by Crippen LogP contribution is 2.22. The Morgan fingerprint density at radius 2 is 2.12 bits per heavy atom. The van der Waals surface area contributed by atoms with Gasteiger partial charge in [-0.1, -0.05) is 29.3 Å². The van der Waals surface area contributed by atoms with Crippen molar-refractivity contribution in [2.75, 3.05) is 13.7 Å². The largest absolute Gasteiger partial charge is 0.450 e. The van der Waals surface area contributed by atoms with Gasteiger partial charge in [-0.15, -0.1) is 0 Å². The molecular formula is C11H13Cl2NO2. The Labute approximate surface area is 105 Å². The summed E-state index contributed by atoms with van der Waals surface area (Å²) in [5.41, 5.74) is 0.835. The van der Waals surface area contributed by atoms with E-state index in [-0.39, 0.29) is 6.09 Å². The molecule has 0 aliphatic rings. The van der Waals surface area contributed by atoms with Gasteiger partial charge in [0.05, 0.1) is 13.2 Å². The Hall–Kier alpha value is -0.930. The van der Waals surface area contributed by atoms with Gasteiger partial charge in [0, 0.05) is 17.1 Å². The molecule has 0 aromatic heterocycles. The topological polar surface area (TPSA) is 29.5 Å². The van der Waals surface area contributed by atoms with E-state index >= 15 is 0 Å². The van der Waals surface area contributed by atoms with Crippen LogP contribution in [-0.4, -0.2) is 24.6 Å². The first-order chi connectivity index (χ1) is 7.54. The highest BCUT2D eigenvalue weighted by atomic mass is 35.5. The van der Waals surface area contributed by atoms with Crippen LogP contribution in [0.4, 0.5) is 4.79 Å². The molecule has 1 aromatic carbocycles. The van der Waals surface area contributed by atoms with Crippen LogP contribution in [0.2, 0.25) is 10.0 Å². The Morgan fingerprint density at radius 1 is 1.44 bits per heavy atom. The number of halogens is 2. The second-order valence-electron chi connectivity index (χ2n) is 3.29. The summed E-state index contributed by atoms with van der Waals surface area (Å²) in [6, 6.07) is 5.18. The second-order valence-corrected chi connectivity index (χ2v) is 4.13. The number of rotatable bonds is 3. The lowest BCUT2D eigenvalue weighted by Crippen LogP contribution is -2.27. The van der Waals surface area contributed by atoms with Crippen LogP contribution in [0, 0.1) is 0 Å². The minimum Gasteiger partial charge on any atom is -0.450 e. The number of carbonyl (C=O) groups excluding carboxylic acids is 1. The van der Waals surface area contributed by atoms with Crippen molar-refractivity contribution in [3.05, 3.63) is 33.8 Å². The van der Waals surface area contributed by atoms with E-state index in [1.165, 1.54) is 4.90 Å². The van der Waals surface area contributed by atoms with E-state index < -0.39 is 0 Å². The number of ether oxygens (including phenoxy) is 1. The van der Waals surface area contributed by atoms with Crippen molar-refractivity contribution in [3.63, 3.8) is 0 Å². The van der Waals surface area contributed by atoms with Crippen LogP contribution in [0.25, 0.3) is 0 Å². The molecule has 0 saturated carbocycles. The monoisotopic (exact) mass is 261 g/mol. The Kier molecular flexibility index (Phi) is 4.90.